The van der Waals surface area contributed by atoms with Gasteiger partial charge in [0, 0.05) is 20.1 Å². The molecule has 3 heterocycles. The van der Waals surface area contributed by atoms with E-state index >= 15 is 0 Å². The summed E-state index contributed by atoms with van der Waals surface area (Å²) in [5.41, 5.74) is 2.29. The number of imidazole rings is 1. The molecule has 0 atom stereocenters. The fourth-order valence-corrected chi connectivity index (χ4v) is 2.81. The van der Waals surface area contributed by atoms with Gasteiger partial charge < -0.3 is 14.5 Å². The Balaban J connectivity index is 1.99. The summed E-state index contributed by atoms with van der Waals surface area (Å²) in [7, 11) is 1.58. The van der Waals surface area contributed by atoms with Gasteiger partial charge in [-0.3, -0.25) is 4.40 Å². The second-order valence-corrected chi connectivity index (χ2v) is 6.32. The van der Waals surface area contributed by atoms with E-state index in [1.165, 1.54) is 0 Å². The van der Waals surface area contributed by atoms with Gasteiger partial charge in [-0.2, -0.15) is 9.71 Å². The van der Waals surface area contributed by atoms with E-state index in [1.54, 1.807) is 26.4 Å². The Bertz CT molecular complexity index is 1100. The lowest BCUT2D eigenvalue weighted by Crippen LogP contribution is -2.32. The Morgan fingerprint density at radius 2 is 2.04 bits per heavy atom. The van der Waals surface area contributed by atoms with Crippen LogP contribution in [0.15, 0.2) is 35.1 Å². The number of hydrogen-bond acceptors (Lipinski definition) is 6. The molecule has 8 heteroatoms. The number of benzene rings is 1. The molecule has 0 unspecified atom stereocenters. The maximum Gasteiger partial charge on any atom is 0.258 e. The fraction of sp³-hybridized carbons (Fsp3) is 0.294. The Morgan fingerprint density at radius 1 is 1.28 bits per heavy atom. The van der Waals surface area contributed by atoms with Crippen LogP contribution in [0.1, 0.15) is 25.4 Å². The molecule has 0 saturated carbocycles. The summed E-state index contributed by atoms with van der Waals surface area (Å²) >= 11 is 0. The van der Waals surface area contributed by atoms with E-state index in [2.05, 4.69) is 15.1 Å². The third kappa shape index (κ3) is 2.18. The number of fused-ring (bicyclic) bond motifs is 3. The van der Waals surface area contributed by atoms with Crippen molar-refractivity contribution in [1.82, 2.24) is 19.5 Å². The SMILES string of the molecule is COC(C)(C)c1nc(-c2ncn3c2c(C)[n+]([O-])c2ccccc23)no1. The Morgan fingerprint density at radius 3 is 2.80 bits per heavy atom. The zero-order valence-electron chi connectivity index (χ0n) is 14.3. The number of aromatic nitrogens is 5. The van der Waals surface area contributed by atoms with Crippen LogP contribution in [0.25, 0.3) is 28.1 Å². The molecule has 0 aliphatic heterocycles. The van der Waals surface area contributed by atoms with Gasteiger partial charge in [-0.1, -0.05) is 17.3 Å². The molecule has 4 rings (SSSR count). The van der Waals surface area contributed by atoms with Crippen LogP contribution in [0.5, 0.6) is 0 Å². The summed E-state index contributed by atoms with van der Waals surface area (Å²) in [5.74, 6) is 0.667. The molecular weight excluding hydrogens is 322 g/mol. The molecule has 0 saturated heterocycles. The number of ether oxygens (including phenoxy) is 1. The molecule has 8 nitrogen and oxygen atoms in total. The lowest BCUT2D eigenvalue weighted by molar-refractivity contribution is -0.583. The highest BCUT2D eigenvalue weighted by molar-refractivity contribution is 5.82. The van der Waals surface area contributed by atoms with Gasteiger partial charge in [0.1, 0.15) is 28.7 Å². The van der Waals surface area contributed by atoms with E-state index < -0.39 is 5.60 Å². The highest BCUT2D eigenvalue weighted by atomic mass is 16.5. The molecule has 128 valence electrons. The smallest absolute Gasteiger partial charge is 0.258 e. The highest BCUT2D eigenvalue weighted by Gasteiger charge is 2.29. The van der Waals surface area contributed by atoms with Crippen molar-refractivity contribution >= 4 is 16.6 Å². The molecule has 0 N–H and O–H groups in total. The van der Waals surface area contributed by atoms with Crippen molar-refractivity contribution in [2.75, 3.05) is 7.11 Å². The number of aryl methyl sites for hydroxylation is 1. The van der Waals surface area contributed by atoms with Gasteiger partial charge in [-0.25, -0.2) is 4.98 Å². The number of methoxy groups -OCH3 is 1. The first-order valence-corrected chi connectivity index (χ1v) is 7.81. The van der Waals surface area contributed by atoms with Crippen molar-refractivity contribution in [1.29, 1.82) is 0 Å². The molecule has 0 aliphatic carbocycles. The second kappa shape index (κ2) is 5.25. The minimum Gasteiger partial charge on any atom is -0.618 e. The van der Waals surface area contributed by atoms with Crippen LogP contribution in [0.2, 0.25) is 0 Å². The summed E-state index contributed by atoms with van der Waals surface area (Å²) in [4.78, 5) is 8.83. The zero-order valence-corrected chi connectivity index (χ0v) is 14.3. The first-order valence-electron chi connectivity index (χ1n) is 7.81. The van der Waals surface area contributed by atoms with Crippen molar-refractivity contribution in [3.05, 3.63) is 47.4 Å². The van der Waals surface area contributed by atoms with Crippen LogP contribution in [0.3, 0.4) is 0 Å². The van der Waals surface area contributed by atoms with Gasteiger partial charge in [-0.05, 0) is 19.9 Å². The first-order chi connectivity index (χ1) is 11.9. The summed E-state index contributed by atoms with van der Waals surface area (Å²) in [6.07, 6.45) is 1.66. The van der Waals surface area contributed by atoms with E-state index in [0.717, 1.165) is 10.2 Å². The van der Waals surface area contributed by atoms with Gasteiger partial charge in [0.2, 0.25) is 17.0 Å². The normalized spacial score (nSPS) is 12.3. The van der Waals surface area contributed by atoms with Gasteiger partial charge in [0.15, 0.2) is 0 Å². The van der Waals surface area contributed by atoms with E-state index in [0.29, 0.717) is 34.1 Å². The quantitative estimate of drug-likeness (QED) is 0.420. The number of nitrogens with zero attached hydrogens (tertiary/aromatic N) is 5. The van der Waals surface area contributed by atoms with Crippen LogP contribution < -0.4 is 4.73 Å². The first kappa shape index (κ1) is 15.5. The monoisotopic (exact) mass is 339 g/mol. The van der Waals surface area contributed by atoms with E-state index in [4.69, 9.17) is 9.26 Å². The average molecular weight is 339 g/mol. The molecule has 0 fully saturated rings. The Hall–Kier alpha value is -3.00. The van der Waals surface area contributed by atoms with Crippen molar-refractivity contribution in [3.8, 4) is 11.5 Å². The lowest BCUT2D eigenvalue weighted by atomic mass is 10.1. The third-order valence-electron chi connectivity index (χ3n) is 4.44. The maximum absolute atomic E-state index is 12.6. The van der Waals surface area contributed by atoms with Gasteiger partial charge >= 0.3 is 0 Å². The van der Waals surface area contributed by atoms with Crippen LogP contribution in [-0.2, 0) is 10.3 Å². The molecular formula is C17H17N5O3. The number of rotatable bonds is 3. The van der Waals surface area contributed by atoms with E-state index in [1.807, 2.05) is 36.4 Å². The molecule has 4 aromatic rings. The maximum atomic E-state index is 12.6. The van der Waals surface area contributed by atoms with E-state index in [9.17, 15) is 5.21 Å². The highest BCUT2D eigenvalue weighted by Crippen LogP contribution is 2.28. The molecule has 0 radical (unpaired) electrons. The minimum atomic E-state index is -0.707. The fourth-order valence-electron chi connectivity index (χ4n) is 2.81. The predicted octanol–water partition coefficient (Wildman–Crippen LogP) is 2.36. The molecule has 1 aromatic carbocycles. The molecule has 3 aromatic heterocycles. The van der Waals surface area contributed by atoms with Gasteiger partial charge in [0.05, 0.1) is 0 Å². The van der Waals surface area contributed by atoms with Crippen molar-refractivity contribution in [2.45, 2.75) is 26.4 Å². The predicted molar refractivity (Wildman–Crippen MR) is 89.7 cm³/mol. The Kier molecular flexibility index (Phi) is 3.26. The average Bonchev–Trinajstić information content (AvgIpc) is 3.26. The second-order valence-electron chi connectivity index (χ2n) is 6.32. The van der Waals surface area contributed by atoms with Gasteiger partial charge in [-0.15, -0.1) is 0 Å². The van der Waals surface area contributed by atoms with Gasteiger partial charge in [0.25, 0.3) is 5.89 Å². The summed E-state index contributed by atoms with van der Waals surface area (Å²) in [6, 6.07) is 7.36. The lowest BCUT2D eigenvalue weighted by Gasteiger charge is -2.16. The Labute approximate surface area is 143 Å². The van der Waals surface area contributed by atoms with Crippen molar-refractivity contribution in [2.24, 2.45) is 0 Å². The van der Waals surface area contributed by atoms with Crippen molar-refractivity contribution in [3.63, 3.8) is 0 Å². The van der Waals surface area contributed by atoms with Crippen LogP contribution in [0.4, 0.5) is 0 Å². The summed E-state index contributed by atoms with van der Waals surface area (Å²) < 4.78 is 13.5. The minimum absolute atomic E-state index is 0.320. The molecule has 0 aliphatic rings. The molecule has 0 amide bonds. The number of hydrogen-bond donors (Lipinski definition) is 0. The third-order valence-corrected chi connectivity index (χ3v) is 4.44. The summed E-state index contributed by atoms with van der Waals surface area (Å²) in [6.45, 7) is 5.42. The number of para-hydroxylation sites is 2. The largest absolute Gasteiger partial charge is 0.618 e. The topological polar surface area (TPSA) is 92.4 Å². The molecule has 0 spiro atoms. The van der Waals surface area contributed by atoms with E-state index in [-0.39, 0.29) is 0 Å². The standard InChI is InChI=1S/C17H17N5O3/c1-10-14-13(15-19-16(25-20-15)17(2,3)24-4)18-9-21(14)11-7-5-6-8-12(11)22(10)23/h5-9H,1-4H3. The summed E-state index contributed by atoms with van der Waals surface area (Å²) in [5, 5.41) is 16.6. The molecule has 0 bridgehead atoms. The van der Waals surface area contributed by atoms with Crippen LogP contribution in [0, 0.1) is 12.1 Å². The molecule has 25 heavy (non-hydrogen) atoms. The van der Waals surface area contributed by atoms with Crippen molar-refractivity contribution < 1.29 is 14.0 Å². The van der Waals surface area contributed by atoms with Crippen LogP contribution in [-0.4, -0.2) is 26.6 Å². The zero-order chi connectivity index (χ0) is 17.8. The van der Waals surface area contributed by atoms with Crippen LogP contribution >= 0.6 is 0 Å².